The number of benzene rings is 1. The predicted molar refractivity (Wildman–Crippen MR) is 95.4 cm³/mol. The van der Waals surface area contributed by atoms with E-state index in [4.69, 9.17) is 4.74 Å². The molecule has 1 aromatic carbocycles. The Hall–Kier alpha value is -2.18. The minimum Gasteiger partial charge on any atom is -0.453 e. The van der Waals surface area contributed by atoms with Gasteiger partial charge < -0.3 is 15.4 Å². The molecule has 3 rings (SSSR count). The van der Waals surface area contributed by atoms with E-state index in [9.17, 15) is 9.18 Å². The van der Waals surface area contributed by atoms with Gasteiger partial charge in [0.05, 0.1) is 6.20 Å². The third kappa shape index (κ3) is 5.41. The van der Waals surface area contributed by atoms with Gasteiger partial charge in [-0.3, -0.25) is 9.78 Å². The van der Waals surface area contributed by atoms with Crippen LogP contribution in [-0.2, 0) is 11.3 Å². The summed E-state index contributed by atoms with van der Waals surface area (Å²) in [6.45, 7) is 2.05. The number of piperidine rings is 1. The van der Waals surface area contributed by atoms with Gasteiger partial charge in [-0.05, 0) is 55.8 Å². The van der Waals surface area contributed by atoms with Crippen molar-refractivity contribution in [3.63, 3.8) is 0 Å². The monoisotopic (exact) mass is 365 g/mol. The Morgan fingerprint density at radius 1 is 1.32 bits per heavy atom. The summed E-state index contributed by atoms with van der Waals surface area (Å²) in [5.74, 6) is 0.226. The van der Waals surface area contributed by atoms with Gasteiger partial charge >= 0.3 is 0 Å². The van der Waals surface area contributed by atoms with Crippen LogP contribution in [0.4, 0.5) is 4.39 Å². The number of hydrogen-bond donors (Lipinski definition) is 2. The van der Waals surface area contributed by atoms with Crippen LogP contribution in [0.5, 0.6) is 11.5 Å². The van der Waals surface area contributed by atoms with Crippen molar-refractivity contribution >= 4 is 18.3 Å². The second kappa shape index (κ2) is 9.34. The van der Waals surface area contributed by atoms with Crippen molar-refractivity contribution in [2.45, 2.75) is 19.4 Å². The van der Waals surface area contributed by atoms with Gasteiger partial charge in [0.2, 0.25) is 5.91 Å². The molecule has 1 aromatic heterocycles. The normalized spacial score (nSPS) is 14.4. The quantitative estimate of drug-likeness (QED) is 0.854. The molecule has 0 atom stereocenters. The Morgan fingerprint density at radius 2 is 2.12 bits per heavy atom. The molecular weight excluding hydrogens is 345 g/mol. The Balaban J connectivity index is 0.00000225. The van der Waals surface area contributed by atoms with Gasteiger partial charge in [0, 0.05) is 18.7 Å². The van der Waals surface area contributed by atoms with Crippen molar-refractivity contribution in [2.24, 2.45) is 5.92 Å². The summed E-state index contributed by atoms with van der Waals surface area (Å²) in [5.41, 5.74) is 0.702. The second-order valence-corrected chi connectivity index (χ2v) is 5.80. The van der Waals surface area contributed by atoms with E-state index in [0.29, 0.717) is 17.9 Å². The molecule has 0 saturated carbocycles. The van der Waals surface area contributed by atoms with Crippen LogP contribution in [-0.4, -0.2) is 24.0 Å². The standard InChI is InChI=1S/C18H20FN3O2.ClH/c19-16-10-13(11-22-18(23)14-5-8-20-9-6-14)3-4-17(16)24-15-2-1-7-21-12-15;/h1-4,7,10,12,14,20H,5-6,8-9,11H2,(H,22,23);1H. The number of hydrogen-bond acceptors (Lipinski definition) is 4. The van der Waals surface area contributed by atoms with Crippen LogP contribution in [0.1, 0.15) is 18.4 Å². The van der Waals surface area contributed by atoms with Crippen molar-refractivity contribution in [3.8, 4) is 11.5 Å². The topological polar surface area (TPSA) is 63.2 Å². The summed E-state index contributed by atoms with van der Waals surface area (Å²) < 4.78 is 19.6. The summed E-state index contributed by atoms with van der Waals surface area (Å²) in [7, 11) is 0. The molecule has 0 radical (unpaired) electrons. The summed E-state index contributed by atoms with van der Waals surface area (Å²) in [5, 5.41) is 6.11. The first-order chi connectivity index (χ1) is 11.7. The molecule has 2 heterocycles. The molecule has 1 saturated heterocycles. The number of aromatic nitrogens is 1. The van der Waals surface area contributed by atoms with Crippen LogP contribution in [0.15, 0.2) is 42.7 Å². The van der Waals surface area contributed by atoms with Crippen molar-refractivity contribution in [1.82, 2.24) is 15.6 Å². The largest absolute Gasteiger partial charge is 0.453 e. The molecule has 1 aliphatic heterocycles. The molecule has 0 unspecified atom stereocenters. The van der Waals surface area contributed by atoms with Gasteiger partial charge in [-0.1, -0.05) is 6.07 Å². The van der Waals surface area contributed by atoms with Crippen LogP contribution >= 0.6 is 12.4 Å². The Morgan fingerprint density at radius 3 is 2.80 bits per heavy atom. The maximum Gasteiger partial charge on any atom is 0.223 e. The molecule has 134 valence electrons. The van der Waals surface area contributed by atoms with Gasteiger partial charge in [0.25, 0.3) is 0 Å². The molecule has 0 bridgehead atoms. The summed E-state index contributed by atoms with van der Waals surface area (Å²) in [6, 6.07) is 8.12. The number of nitrogens with zero attached hydrogens (tertiary/aromatic N) is 1. The van der Waals surface area contributed by atoms with E-state index in [-0.39, 0.29) is 30.0 Å². The number of carbonyl (C=O) groups excluding carboxylic acids is 1. The van der Waals surface area contributed by atoms with Gasteiger partial charge in [-0.15, -0.1) is 12.4 Å². The zero-order valence-corrected chi connectivity index (χ0v) is 14.5. The van der Waals surface area contributed by atoms with Crippen LogP contribution in [0.25, 0.3) is 0 Å². The molecule has 0 spiro atoms. The lowest BCUT2D eigenvalue weighted by molar-refractivity contribution is -0.125. The highest BCUT2D eigenvalue weighted by atomic mass is 35.5. The lowest BCUT2D eigenvalue weighted by Gasteiger charge is -2.21. The average molecular weight is 366 g/mol. The number of amides is 1. The van der Waals surface area contributed by atoms with Crippen LogP contribution in [0.3, 0.4) is 0 Å². The summed E-state index contributed by atoms with van der Waals surface area (Å²) >= 11 is 0. The lowest BCUT2D eigenvalue weighted by Crippen LogP contribution is -2.37. The minimum atomic E-state index is -0.465. The van der Waals surface area contributed by atoms with Crippen molar-refractivity contribution in [2.75, 3.05) is 13.1 Å². The summed E-state index contributed by atoms with van der Waals surface area (Å²) in [6.07, 6.45) is 4.83. The molecule has 25 heavy (non-hydrogen) atoms. The van der Waals surface area contributed by atoms with Crippen LogP contribution in [0, 0.1) is 11.7 Å². The van der Waals surface area contributed by atoms with Gasteiger partial charge in [-0.2, -0.15) is 0 Å². The van der Waals surface area contributed by atoms with Crippen LogP contribution < -0.4 is 15.4 Å². The fourth-order valence-electron chi connectivity index (χ4n) is 2.69. The first kappa shape index (κ1) is 19.1. The highest BCUT2D eigenvalue weighted by Crippen LogP contribution is 2.24. The number of pyridine rings is 1. The molecule has 1 fully saturated rings. The first-order valence-electron chi connectivity index (χ1n) is 8.07. The summed E-state index contributed by atoms with van der Waals surface area (Å²) in [4.78, 5) is 16.0. The second-order valence-electron chi connectivity index (χ2n) is 5.80. The molecule has 7 heteroatoms. The van der Waals surface area contributed by atoms with Gasteiger partial charge in [0.1, 0.15) is 5.75 Å². The Bertz CT molecular complexity index is 694. The number of carbonyl (C=O) groups is 1. The van der Waals surface area contributed by atoms with E-state index in [0.717, 1.165) is 25.9 Å². The number of rotatable bonds is 5. The third-order valence-corrected chi connectivity index (χ3v) is 4.04. The lowest BCUT2D eigenvalue weighted by atomic mass is 9.97. The van der Waals surface area contributed by atoms with Gasteiger partial charge in [0.15, 0.2) is 11.6 Å². The first-order valence-corrected chi connectivity index (χ1v) is 8.07. The maximum absolute atomic E-state index is 14.1. The minimum absolute atomic E-state index is 0. The number of nitrogens with one attached hydrogen (secondary N) is 2. The van der Waals surface area contributed by atoms with Crippen LogP contribution in [0.2, 0.25) is 0 Å². The number of halogens is 2. The fraction of sp³-hybridized carbons (Fsp3) is 0.333. The van der Waals surface area contributed by atoms with E-state index < -0.39 is 5.82 Å². The number of ether oxygens (including phenoxy) is 1. The molecule has 1 amide bonds. The Labute approximate surface area is 152 Å². The van der Waals surface area contributed by atoms with E-state index in [1.54, 1.807) is 30.5 Å². The zero-order valence-electron chi connectivity index (χ0n) is 13.7. The highest BCUT2D eigenvalue weighted by Gasteiger charge is 2.20. The molecule has 0 aliphatic carbocycles. The smallest absolute Gasteiger partial charge is 0.223 e. The van der Waals surface area contributed by atoms with Crippen molar-refractivity contribution in [1.29, 1.82) is 0 Å². The third-order valence-electron chi connectivity index (χ3n) is 4.04. The highest BCUT2D eigenvalue weighted by molar-refractivity contribution is 5.85. The van der Waals surface area contributed by atoms with E-state index in [1.165, 1.54) is 12.3 Å². The van der Waals surface area contributed by atoms with Crippen molar-refractivity contribution in [3.05, 3.63) is 54.1 Å². The molecule has 2 aromatic rings. The van der Waals surface area contributed by atoms with E-state index in [2.05, 4.69) is 15.6 Å². The van der Waals surface area contributed by atoms with Gasteiger partial charge in [-0.25, -0.2) is 4.39 Å². The zero-order chi connectivity index (χ0) is 16.8. The molecule has 1 aliphatic rings. The fourth-order valence-corrected chi connectivity index (χ4v) is 2.69. The molecular formula is C18H21ClFN3O2. The maximum atomic E-state index is 14.1. The molecule has 2 N–H and O–H groups in total. The van der Waals surface area contributed by atoms with E-state index >= 15 is 0 Å². The molecule has 5 nitrogen and oxygen atoms in total. The Kier molecular flexibility index (Phi) is 7.16. The average Bonchev–Trinajstić information content (AvgIpc) is 2.63. The van der Waals surface area contributed by atoms with E-state index in [1.807, 2.05) is 0 Å². The van der Waals surface area contributed by atoms with Crippen molar-refractivity contribution < 1.29 is 13.9 Å². The predicted octanol–water partition coefficient (Wildman–Crippen LogP) is 3.05. The SMILES string of the molecule is Cl.O=C(NCc1ccc(Oc2cccnc2)c(F)c1)C1CCNCC1.